The normalized spacial score (nSPS) is 19.7. The molecule has 1 heterocycles. The fourth-order valence-corrected chi connectivity index (χ4v) is 3.35. The fraction of sp³-hybridized carbons (Fsp3) is 0.529. The third-order valence-corrected chi connectivity index (χ3v) is 5.02. The van der Waals surface area contributed by atoms with E-state index < -0.39 is 0 Å². The fourth-order valence-electron chi connectivity index (χ4n) is 3.35. The standard InChI is InChI=1S/C17H21N5O/c1-17(9-2-3-10-17)16(23)18-13-6-4-5-12(11-13)15-19-20-21-22(15)14-7-8-14/h4-6,11,14H,2-3,7-10H2,1H3,(H,18,23). The van der Waals surface area contributed by atoms with Gasteiger partial charge < -0.3 is 5.32 Å². The van der Waals surface area contributed by atoms with Crippen molar-refractivity contribution in [2.75, 3.05) is 5.32 Å². The SMILES string of the molecule is CC1(C(=O)Nc2cccc(-c3nnnn3C3CC3)c2)CCCC1. The molecule has 0 unspecified atom stereocenters. The van der Waals surface area contributed by atoms with Crippen LogP contribution in [-0.4, -0.2) is 26.1 Å². The number of hydrogen-bond donors (Lipinski definition) is 1. The van der Waals surface area contributed by atoms with Crippen molar-refractivity contribution < 1.29 is 4.79 Å². The Morgan fingerprint density at radius 1 is 1.30 bits per heavy atom. The van der Waals surface area contributed by atoms with Crippen LogP contribution in [0, 0.1) is 5.41 Å². The molecule has 2 saturated carbocycles. The number of nitrogens with zero attached hydrogens (tertiary/aromatic N) is 4. The molecule has 1 aromatic carbocycles. The number of nitrogens with one attached hydrogen (secondary N) is 1. The van der Waals surface area contributed by atoms with Crippen LogP contribution in [0.2, 0.25) is 0 Å². The molecule has 2 aromatic rings. The zero-order valence-corrected chi connectivity index (χ0v) is 13.3. The molecule has 2 aliphatic carbocycles. The van der Waals surface area contributed by atoms with Gasteiger partial charge in [0.1, 0.15) is 0 Å². The molecule has 1 aromatic heterocycles. The number of amides is 1. The van der Waals surface area contributed by atoms with Gasteiger partial charge in [-0.2, -0.15) is 0 Å². The lowest BCUT2D eigenvalue weighted by Crippen LogP contribution is -2.30. The van der Waals surface area contributed by atoms with Gasteiger partial charge in [0, 0.05) is 16.7 Å². The van der Waals surface area contributed by atoms with Crippen LogP contribution < -0.4 is 5.32 Å². The molecule has 6 heteroatoms. The van der Waals surface area contributed by atoms with Crippen LogP contribution in [0.1, 0.15) is 51.5 Å². The molecule has 0 radical (unpaired) electrons. The summed E-state index contributed by atoms with van der Waals surface area (Å²) in [6.07, 6.45) is 6.48. The number of carbonyl (C=O) groups is 1. The summed E-state index contributed by atoms with van der Waals surface area (Å²) in [6, 6.07) is 8.23. The zero-order valence-electron chi connectivity index (χ0n) is 13.3. The second-order valence-electron chi connectivity index (χ2n) is 6.98. The maximum atomic E-state index is 12.6. The molecule has 2 fully saturated rings. The number of benzene rings is 1. The maximum absolute atomic E-state index is 12.6. The molecule has 23 heavy (non-hydrogen) atoms. The smallest absolute Gasteiger partial charge is 0.230 e. The predicted molar refractivity (Wildman–Crippen MR) is 86.7 cm³/mol. The van der Waals surface area contributed by atoms with Gasteiger partial charge in [0.15, 0.2) is 5.82 Å². The Morgan fingerprint density at radius 3 is 2.83 bits per heavy atom. The number of anilines is 1. The molecule has 1 amide bonds. The molecule has 4 rings (SSSR count). The number of rotatable bonds is 4. The van der Waals surface area contributed by atoms with E-state index in [1.165, 1.54) is 0 Å². The van der Waals surface area contributed by atoms with Gasteiger partial charge in [0.2, 0.25) is 5.91 Å². The highest BCUT2D eigenvalue weighted by Gasteiger charge is 2.36. The topological polar surface area (TPSA) is 72.7 Å². The van der Waals surface area contributed by atoms with Gasteiger partial charge in [-0.15, -0.1) is 5.10 Å². The van der Waals surface area contributed by atoms with Gasteiger partial charge >= 0.3 is 0 Å². The second-order valence-corrected chi connectivity index (χ2v) is 6.98. The second kappa shape index (κ2) is 5.44. The van der Waals surface area contributed by atoms with E-state index in [-0.39, 0.29) is 11.3 Å². The Morgan fingerprint density at radius 2 is 2.09 bits per heavy atom. The minimum Gasteiger partial charge on any atom is -0.326 e. The van der Waals surface area contributed by atoms with Gasteiger partial charge in [-0.05, 0) is 48.2 Å². The number of tetrazole rings is 1. The summed E-state index contributed by atoms with van der Waals surface area (Å²) >= 11 is 0. The summed E-state index contributed by atoms with van der Waals surface area (Å²) in [7, 11) is 0. The van der Waals surface area contributed by atoms with Crippen LogP contribution in [0.25, 0.3) is 11.4 Å². The number of aromatic nitrogens is 4. The first-order chi connectivity index (χ1) is 11.2. The van der Waals surface area contributed by atoms with E-state index in [4.69, 9.17) is 0 Å². The summed E-state index contributed by atoms with van der Waals surface area (Å²) in [5.74, 6) is 0.893. The Kier molecular flexibility index (Phi) is 3.39. The molecule has 2 aliphatic rings. The van der Waals surface area contributed by atoms with Gasteiger partial charge in [0.05, 0.1) is 6.04 Å². The molecule has 6 nitrogen and oxygen atoms in total. The first-order valence-corrected chi connectivity index (χ1v) is 8.35. The number of hydrogen-bond acceptors (Lipinski definition) is 4. The molecular weight excluding hydrogens is 290 g/mol. The lowest BCUT2D eigenvalue weighted by Gasteiger charge is -2.22. The van der Waals surface area contributed by atoms with Crippen LogP contribution in [0.15, 0.2) is 24.3 Å². The quantitative estimate of drug-likeness (QED) is 0.941. The highest BCUT2D eigenvalue weighted by Crippen LogP contribution is 2.39. The maximum Gasteiger partial charge on any atom is 0.230 e. The molecular formula is C17H21N5O. The monoisotopic (exact) mass is 311 g/mol. The Bertz CT molecular complexity index is 728. The van der Waals surface area contributed by atoms with Gasteiger partial charge in [-0.3, -0.25) is 4.79 Å². The molecule has 0 aliphatic heterocycles. The van der Waals surface area contributed by atoms with E-state index in [2.05, 4.69) is 27.8 Å². The highest BCUT2D eigenvalue weighted by atomic mass is 16.2. The van der Waals surface area contributed by atoms with Crippen LogP contribution in [0.3, 0.4) is 0 Å². The largest absolute Gasteiger partial charge is 0.326 e. The molecule has 0 atom stereocenters. The average molecular weight is 311 g/mol. The minimum absolute atomic E-state index is 0.119. The lowest BCUT2D eigenvalue weighted by molar-refractivity contribution is -0.124. The summed E-state index contributed by atoms with van der Waals surface area (Å²) in [5, 5.41) is 15.1. The van der Waals surface area contributed by atoms with Crippen molar-refractivity contribution in [1.29, 1.82) is 0 Å². The van der Waals surface area contributed by atoms with Gasteiger partial charge in [-0.25, -0.2) is 4.68 Å². The first-order valence-electron chi connectivity index (χ1n) is 8.35. The van der Waals surface area contributed by atoms with Crippen molar-refractivity contribution in [1.82, 2.24) is 20.2 Å². The van der Waals surface area contributed by atoms with Crippen molar-refractivity contribution in [3.63, 3.8) is 0 Å². The number of carbonyl (C=O) groups excluding carboxylic acids is 1. The van der Waals surface area contributed by atoms with Crippen LogP contribution in [0.4, 0.5) is 5.69 Å². The van der Waals surface area contributed by atoms with Crippen LogP contribution in [0.5, 0.6) is 0 Å². The summed E-state index contributed by atoms with van der Waals surface area (Å²) in [5.41, 5.74) is 1.52. The first kappa shape index (κ1) is 14.4. The third-order valence-electron chi connectivity index (χ3n) is 5.02. The highest BCUT2D eigenvalue weighted by molar-refractivity contribution is 5.95. The molecule has 0 spiro atoms. The molecule has 0 saturated heterocycles. The summed E-state index contributed by atoms with van der Waals surface area (Å²) < 4.78 is 1.89. The average Bonchev–Trinajstić information content (AvgIpc) is 3.09. The molecule has 120 valence electrons. The minimum atomic E-state index is -0.231. The van der Waals surface area contributed by atoms with Crippen LogP contribution in [-0.2, 0) is 4.79 Å². The van der Waals surface area contributed by atoms with Crippen molar-refractivity contribution >= 4 is 11.6 Å². The van der Waals surface area contributed by atoms with E-state index in [0.29, 0.717) is 6.04 Å². The van der Waals surface area contributed by atoms with E-state index in [1.54, 1.807) is 0 Å². The van der Waals surface area contributed by atoms with E-state index >= 15 is 0 Å². The summed E-state index contributed by atoms with van der Waals surface area (Å²) in [6.45, 7) is 2.06. The molecule has 1 N–H and O–H groups in total. The van der Waals surface area contributed by atoms with Crippen molar-refractivity contribution in [3.05, 3.63) is 24.3 Å². The van der Waals surface area contributed by atoms with Crippen molar-refractivity contribution in [3.8, 4) is 11.4 Å². The summed E-state index contributed by atoms with van der Waals surface area (Å²) in [4.78, 5) is 12.6. The van der Waals surface area contributed by atoms with Crippen molar-refractivity contribution in [2.45, 2.75) is 51.5 Å². The van der Waals surface area contributed by atoms with Crippen molar-refractivity contribution in [2.24, 2.45) is 5.41 Å². The van der Waals surface area contributed by atoms with E-state index in [0.717, 1.165) is 55.6 Å². The Balaban J connectivity index is 1.56. The Labute approximate surface area is 135 Å². The predicted octanol–water partition coefficient (Wildman–Crippen LogP) is 3.19. The Hall–Kier alpha value is -2.24. The van der Waals surface area contributed by atoms with Crippen LogP contribution >= 0.6 is 0 Å². The zero-order chi connectivity index (χ0) is 15.9. The third kappa shape index (κ3) is 2.73. The molecule has 0 bridgehead atoms. The lowest BCUT2D eigenvalue weighted by atomic mass is 9.88. The van der Waals surface area contributed by atoms with E-state index in [1.807, 2.05) is 28.9 Å². The van der Waals surface area contributed by atoms with Gasteiger partial charge in [-0.1, -0.05) is 31.9 Å². The van der Waals surface area contributed by atoms with Gasteiger partial charge in [0.25, 0.3) is 0 Å². The van der Waals surface area contributed by atoms with E-state index in [9.17, 15) is 4.79 Å².